The lowest BCUT2D eigenvalue weighted by Crippen LogP contribution is -2.15. The summed E-state index contributed by atoms with van der Waals surface area (Å²) < 4.78 is 2.23. The molecule has 2 rings (SSSR count). The highest BCUT2D eigenvalue weighted by molar-refractivity contribution is 5.43. The van der Waals surface area contributed by atoms with Gasteiger partial charge in [-0.3, -0.25) is 0 Å². The second kappa shape index (κ2) is 4.94. The number of hydrogen-bond donors (Lipinski definition) is 1. The Bertz CT molecular complexity index is 406. The van der Waals surface area contributed by atoms with Crippen molar-refractivity contribution in [3.8, 4) is 0 Å². The first-order chi connectivity index (χ1) is 8.45. The SMILES string of the molecule is CCn1c(C2CCCCC2)nc(C(C)(C)C)c1N. The lowest BCUT2D eigenvalue weighted by Gasteiger charge is -2.21. The lowest BCUT2D eigenvalue weighted by atomic mass is 9.88. The number of aromatic nitrogens is 2. The summed E-state index contributed by atoms with van der Waals surface area (Å²) in [5.41, 5.74) is 7.42. The van der Waals surface area contributed by atoms with Gasteiger partial charge in [0.25, 0.3) is 0 Å². The molecule has 1 aliphatic carbocycles. The predicted octanol–water partition coefficient (Wildman–Crippen LogP) is 3.83. The molecule has 3 heteroatoms. The molecule has 18 heavy (non-hydrogen) atoms. The number of rotatable bonds is 2. The summed E-state index contributed by atoms with van der Waals surface area (Å²) in [4.78, 5) is 4.91. The van der Waals surface area contributed by atoms with E-state index in [1.54, 1.807) is 0 Å². The Morgan fingerprint density at radius 3 is 2.33 bits per heavy atom. The minimum atomic E-state index is 0.0356. The molecule has 1 saturated carbocycles. The fraction of sp³-hybridized carbons (Fsp3) is 0.800. The molecule has 1 aromatic rings. The van der Waals surface area contributed by atoms with Gasteiger partial charge in [0, 0.05) is 17.9 Å². The van der Waals surface area contributed by atoms with E-state index in [-0.39, 0.29) is 5.41 Å². The number of hydrogen-bond acceptors (Lipinski definition) is 2. The quantitative estimate of drug-likeness (QED) is 0.865. The van der Waals surface area contributed by atoms with E-state index < -0.39 is 0 Å². The first kappa shape index (κ1) is 13.4. The summed E-state index contributed by atoms with van der Waals surface area (Å²) in [6.07, 6.45) is 6.61. The summed E-state index contributed by atoms with van der Waals surface area (Å²) >= 11 is 0. The maximum Gasteiger partial charge on any atom is 0.127 e. The van der Waals surface area contributed by atoms with E-state index in [4.69, 9.17) is 10.7 Å². The van der Waals surface area contributed by atoms with Crippen molar-refractivity contribution in [1.29, 1.82) is 0 Å². The van der Waals surface area contributed by atoms with Crippen molar-refractivity contribution in [1.82, 2.24) is 9.55 Å². The zero-order chi connectivity index (χ0) is 13.3. The largest absolute Gasteiger partial charge is 0.384 e. The number of nitrogens with two attached hydrogens (primary N) is 1. The Morgan fingerprint density at radius 1 is 1.22 bits per heavy atom. The molecule has 3 nitrogen and oxygen atoms in total. The number of nitrogens with zero attached hydrogens (tertiary/aromatic N) is 2. The van der Waals surface area contributed by atoms with Gasteiger partial charge in [-0.05, 0) is 19.8 Å². The van der Waals surface area contributed by atoms with E-state index in [0.29, 0.717) is 5.92 Å². The summed E-state index contributed by atoms with van der Waals surface area (Å²) in [5, 5.41) is 0. The molecule has 102 valence electrons. The fourth-order valence-corrected chi connectivity index (χ4v) is 3.04. The lowest BCUT2D eigenvalue weighted by molar-refractivity contribution is 0.416. The van der Waals surface area contributed by atoms with E-state index in [0.717, 1.165) is 18.1 Å². The third-order valence-electron chi connectivity index (χ3n) is 4.03. The van der Waals surface area contributed by atoms with E-state index >= 15 is 0 Å². The van der Waals surface area contributed by atoms with Gasteiger partial charge in [-0.1, -0.05) is 40.0 Å². The average Bonchev–Trinajstić information content (AvgIpc) is 2.67. The van der Waals surface area contributed by atoms with Crippen LogP contribution in [0.25, 0.3) is 0 Å². The van der Waals surface area contributed by atoms with Crippen molar-refractivity contribution in [2.24, 2.45) is 0 Å². The second-order valence-corrected chi connectivity index (χ2v) is 6.53. The molecule has 0 atom stereocenters. The zero-order valence-corrected chi connectivity index (χ0v) is 12.3. The molecule has 0 spiro atoms. The molecule has 0 amide bonds. The maximum atomic E-state index is 6.31. The Balaban J connectivity index is 2.40. The van der Waals surface area contributed by atoms with Crippen LogP contribution >= 0.6 is 0 Å². The molecule has 2 N–H and O–H groups in total. The second-order valence-electron chi connectivity index (χ2n) is 6.53. The molecule has 1 heterocycles. The molecule has 0 radical (unpaired) electrons. The monoisotopic (exact) mass is 249 g/mol. The van der Waals surface area contributed by atoms with Crippen molar-refractivity contribution in [2.45, 2.75) is 77.7 Å². The van der Waals surface area contributed by atoms with Crippen LogP contribution in [-0.4, -0.2) is 9.55 Å². The van der Waals surface area contributed by atoms with Gasteiger partial charge in [-0.15, -0.1) is 0 Å². The van der Waals surface area contributed by atoms with E-state index in [1.165, 1.54) is 37.9 Å². The number of nitrogen functional groups attached to an aromatic ring is 1. The molecule has 0 aliphatic heterocycles. The topological polar surface area (TPSA) is 43.8 Å². The highest BCUT2D eigenvalue weighted by Crippen LogP contribution is 2.36. The molecule has 1 aromatic heterocycles. The van der Waals surface area contributed by atoms with Crippen molar-refractivity contribution in [3.05, 3.63) is 11.5 Å². The van der Waals surface area contributed by atoms with Gasteiger partial charge >= 0.3 is 0 Å². The van der Waals surface area contributed by atoms with Crippen LogP contribution in [0, 0.1) is 0 Å². The van der Waals surface area contributed by atoms with Crippen LogP contribution in [0.1, 0.15) is 77.2 Å². The van der Waals surface area contributed by atoms with E-state index in [2.05, 4.69) is 32.3 Å². The van der Waals surface area contributed by atoms with Crippen LogP contribution in [0.4, 0.5) is 5.82 Å². The molecule has 0 unspecified atom stereocenters. The van der Waals surface area contributed by atoms with Gasteiger partial charge in [0.15, 0.2) is 0 Å². The van der Waals surface area contributed by atoms with Crippen molar-refractivity contribution in [2.75, 3.05) is 5.73 Å². The Hall–Kier alpha value is -0.990. The summed E-state index contributed by atoms with van der Waals surface area (Å²) in [6, 6.07) is 0. The first-order valence-electron chi connectivity index (χ1n) is 7.31. The number of imidazole rings is 1. The maximum absolute atomic E-state index is 6.31. The van der Waals surface area contributed by atoms with Gasteiger partial charge in [-0.25, -0.2) is 4.98 Å². The minimum absolute atomic E-state index is 0.0356. The van der Waals surface area contributed by atoms with Crippen LogP contribution in [0.15, 0.2) is 0 Å². The third kappa shape index (κ3) is 2.40. The van der Waals surface area contributed by atoms with Crippen molar-refractivity contribution in [3.63, 3.8) is 0 Å². The number of anilines is 1. The Labute approximate surface area is 111 Å². The van der Waals surface area contributed by atoms with Crippen molar-refractivity contribution < 1.29 is 0 Å². The first-order valence-corrected chi connectivity index (χ1v) is 7.31. The summed E-state index contributed by atoms with van der Waals surface area (Å²) in [5.74, 6) is 2.74. The van der Waals surface area contributed by atoms with Gasteiger partial charge in [0.2, 0.25) is 0 Å². The fourth-order valence-electron chi connectivity index (χ4n) is 3.04. The zero-order valence-electron chi connectivity index (χ0n) is 12.3. The van der Waals surface area contributed by atoms with Gasteiger partial charge in [0.05, 0.1) is 5.69 Å². The van der Waals surface area contributed by atoms with Gasteiger partial charge in [-0.2, -0.15) is 0 Å². The molecular weight excluding hydrogens is 222 g/mol. The van der Waals surface area contributed by atoms with Crippen LogP contribution < -0.4 is 5.73 Å². The molecular formula is C15H27N3. The Morgan fingerprint density at radius 2 is 1.83 bits per heavy atom. The van der Waals surface area contributed by atoms with Crippen LogP contribution in [-0.2, 0) is 12.0 Å². The van der Waals surface area contributed by atoms with Crippen LogP contribution in [0.3, 0.4) is 0 Å². The highest BCUT2D eigenvalue weighted by Gasteiger charge is 2.28. The molecule has 1 aliphatic rings. The van der Waals surface area contributed by atoms with Crippen LogP contribution in [0.2, 0.25) is 0 Å². The minimum Gasteiger partial charge on any atom is -0.384 e. The van der Waals surface area contributed by atoms with Crippen LogP contribution in [0.5, 0.6) is 0 Å². The smallest absolute Gasteiger partial charge is 0.127 e. The van der Waals surface area contributed by atoms with Gasteiger partial charge < -0.3 is 10.3 Å². The standard InChI is InChI=1S/C15H27N3/c1-5-18-13(16)12(15(2,3)4)17-14(18)11-9-7-6-8-10-11/h11H,5-10,16H2,1-4H3. The van der Waals surface area contributed by atoms with Gasteiger partial charge in [0.1, 0.15) is 11.6 Å². The Kier molecular flexibility index (Phi) is 3.69. The summed E-state index contributed by atoms with van der Waals surface area (Å²) in [6.45, 7) is 9.67. The molecule has 0 bridgehead atoms. The molecule has 0 aromatic carbocycles. The van der Waals surface area contributed by atoms with E-state index in [9.17, 15) is 0 Å². The van der Waals surface area contributed by atoms with E-state index in [1.807, 2.05) is 0 Å². The molecule has 0 saturated heterocycles. The average molecular weight is 249 g/mol. The normalized spacial score (nSPS) is 18.2. The summed E-state index contributed by atoms with van der Waals surface area (Å²) in [7, 11) is 0. The highest BCUT2D eigenvalue weighted by atomic mass is 15.1. The molecule has 1 fully saturated rings. The predicted molar refractivity (Wildman–Crippen MR) is 76.8 cm³/mol. The third-order valence-corrected chi connectivity index (χ3v) is 4.03. The van der Waals surface area contributed by atoms with Crippen molar-refractivity contribution >= 4 is 5.82 Å².